The van der Waals surface area contributed by atoms with Gasteiger partial charge < -0.3 is 19.7 Å². The van der Waals surface area contributed by atoms with Crippen molar-refractivity contribution >= 4 is 6.03 Å². The maximum Gasteiger partial charge on any atom is 0.317 e. The Kier molecular flexibility index (Phi) is 5.06. The first-order valence-electron chi connectivity index (χ1n) is 9.86. The lowest BCUT2D eigenvalue weighted by atomic mass is 9.79. The van der Waals surface area contributed by atoms with Gasteiger partial charge in [-0.05, 0) is 42.3 Å². The van der Waals surface area contributed by atoms with Gasteiger partial charge in [0.2, 0.25) is 0 Å². The highest BCUT2D eigenvalue weighted by atomic mass is 16.6. The van der Waals surface area contributed by atoms with Crippen molar-refractivity contribution in [2.75, 3.05) is 26.8 Å². The number of rotatable bonds is 4. The van der Waals surface area contributed by atoms with Gasteiger partial charge in [0.1, 0.15) is 18.8 Å². The first-order valence-corrected chi connectivity index (χ1v) is 9.86. The number of nitrogens with one attached hydrogen (secondary N) is 1. The first-order chi connectivity index (χ1) is 13.7. The fourth-order valence-corrected chi connectivity index (χ4v) is 4.12. The number of aromatic nitrogens is 4. The van der Waals surface area contributed by atoms with Crippen molar-refractivity contribution < 1.29 is 14.3 Å². The van der Waals surface area contributed by atoms with Crippen molar-refractivity contribution in [2.45, 2.75) is 44.6 Å². The van der Waals surface area contributed by atoms with E-state index in [0.29, 0.717) is 31.3 Å². The Labute approximate surface area is 164 Å². The van der Waals surface area contributed by atoms with E-state index >= 15 is 0 Å². The van der Waals surface area contributed by atoms with Gasteiger partial charge in [-0.1, -0.05) is 19.3 Å². The predicted molar refractivity (Wildman–Crippen MR) is 102 cm³/mol. The molecule has 2 aliphatic rings. The number of tetrazole rings is 1. The summed E-state index contributed by atoms with van der Waals surface area (Å²) in [4.78, 5) is 14.5. The van der Waals surface area contributed by atoms with Gasteiger partial charge >= 0.3 is 6.03 Å². The molecule has 1 aromatic heterocycles. The third kappa shape index (κ3) is 3.14. The molecule has 0 spiro atoms. The van der Waals surface area contributed by atoms with E-state index in [1.54, 1.807) is 9.58 Å². The van der Waals surface area contributed by atoms with Crippen LogP contribution >= 0.6 is 0 Å². The van der Waals surface area contributed by atoms with Crippen LogP contribution in [0.2, 0.25) is 0 Å². The van der Waals surface area contributed by atoms with E-state index in [1.165, 1.54) is 0 Å². The Morgan fingerprint density at radius 1 is 1.21 bits per heavy atom. The molecule has 0 saturated heterocycles. The minimum atomic E-state index is -0.547. The van der Waals surface area contributed by atoms with Crippen LogP contribution in [0, 0.1) is 0 Å². The molecule has 28 heavy (non-hydrogen) atoms. The quantitative estimate of drug-likeness (QED) is 0.866. The molecule has 1 aromatic carbocycles. The predicted octanol–water partition coefficient (Wildman–Crippen LogP) is 2.25. The molecule has 9 nitrogen and oxygen atoms in total. The molecule has 9 heteroatoms. The molecule has 1 fully saturated rings. The molecule has 2 aromatic rings. The fraction of sp³-hybridized carbons (Fsp3) is 0.579. The Balaban J connectivity index is 1.75. The van der Waals surface area contributed by atoms with Crippen LogP contribution in [-0.4, -0.2) is 57.9 Å². The number of urea groups is 1. The number of carbonyl (C=O) groups excluding carboxylic acids is 1. The Morgan fingerprint density at radius 3 is 2.71 bits per heavy atom. The monoisotopic (exact) mass is 386 g/mol. The van der Waals surface area contributed by atoms with Crippen molar-refractivity contribution in [3.63, 3.8) is 0 Å². The highest BCUT2D eigenvalue weighted by Gasteiger charge is 2.45. The third-order valence-corrected chi connectivity index (χ3v) is 5.61. The van der Waals surface area contributed by atoms with Gasteiger partial charge in [0.15, 0.2) is 17.3 Å². The number of ether oxygens (including phenoxy) is 2. The van der Waals surface area contributed by atoms with E-state index in [0.717, 1.165) is 43.5 Å². The number of benzene rings is 1. The van der Waals surface area contributed by atoms with Crippen molar-refractivity contribution in [3.8, 4) is 17.2 Å². The van der Waals surface area contributed by atoms with E-state index in [4.69, 9.17) is 9.47 Å². The van der Waals surface area contributed by atoms with Gasteiger partial charge in [-0.2, -0.15) is 4.68 Å². The van der Waals surface area contributed by atoms with Crippen molar-refractivity contribution in [2.24, 2.45) is 0 Å². The van der Waals surface area contributed by atoms with Crippen LogP contribution in [0.15, 0.2) is 18.2 Å². The van der Waals surface area contributed by atoms with Crippen LogP contribution in [-0.2, 0) is 5.54 Å². The zero-order valence-electron chi connectivity index (χ0n) is 16.3. The summed E-state index contributed by atoms with van der Waals surface area (Å²) in [7, 11) is 1.83. The van der Waals surface area contributed by atoms with Gasteiger partial charge in [-0.3, -0.25) is 0 Å². The lowest BCUT2D eigenvalue weighted by molar-refractivity contribution is 0.0865. The molecule has 0 radical (unpaired) electrons. The zero-order valence-corrected chi connectivity index (χ0v) is 16.3. The molecule has 0 unspecified atom stereocenters. The average Bonchev–Trinajstić information content (AvgIpc) is 3.24. The summed E-state index contributed by atoms with van der Waals surface area (Å²) in [5, 5.41) is 15.5. The van der Waals surface area contributed by atoms with E-state index < -0.39 is 5.54 Å². The maximum atomic E-state index is 12.7. The van der Waals surface area contributed by atoms with E-state index in [1.807, 2.05) is 32.2 Å². The number of hydrogen-bond donors (Lipinski definition) is 1. The highest BCUT2D eigenvalue weighted by Crippen LogP contribution is 2.42. The average molecular weight is 386 g/mol. The lowest BCUT2D eigenvalue weighted by Gasteiger charge is -2.43. The molecule has 1 aliphatic carbocycles. The molecule has 0 bridgehead atoms. The maximum absolute atomic E-state index is 12.7. The van der Waals surface area contributed by atoms with Crippen molar-refractivity contribution in [1.29, 1.82) is 0 Å². The molecule has 0 atom stereocenters. The first kappa shape index (κ1) is 18.5. The fourth-order valence-electron chi connectivity index (χ4n) is 4.12. The normalized spacial score (nSPS) is 17.8. The molecule has 2 heterocycles. The largest absolute Gasteiger partial charge is 0.486 e. The molecule has 1 saturated carbocycles. The summed E-state index contributed by atoms with van der Waals surface area (Å²) in [6.45, 7) is 3.55. The second-order valence-electron chi connectivity index (χ2n) is 7.23. The van der Waals surface area contributed by atoms with Crippen LogP contribution in [0.25, 0.3) is 5.69 Å². The minimum Gasteiger partial charge on any atom is -0.486 e. The van der Waals surface area contributed by atoms with E-state index in [-0.39, 0.29) is 6.03 Å². The number of nitrogens with zero attached hydrogens (tertiary/aromatic N) is 5. The Morgan fingerprint density at radius 2 is 1.96 bits per heavy atom. The van der Waals surface area contributed by atoms with Crippen LogP contribution in [0.4, 0.5) is 4.79 Å². The van der Waals surface area contributed by atoms with Gasteiger partial charge in [-0.25, -0.2) is 4.79 Å². The number of carbonyl (C=O) groups is 1. The van der Waals surface area contributed by atoms with Crippen molar-refractivity contribution in [1.82, 2.24) is 30.4 Å². The second-order valence-corrected chi connectivity index (χ2v) is 7.23. The summed E-state index contributed by atoms with van der Waals surface area (Å²) in [6.07, 6.45) is 4.85. The Bertz CT molecular complexity index is 846. The minimum absolute atomic E-state index is 0.110. The molecular weight excluding hydrogens is 360 g/mol. The van der Waals surface area contributed by atoms with Crippen LogP contribution in [0.3, 0.4) is 0 Å². The molecule has 4 rings (SSSR count). The standard InChI is InChI=1S/C19H26N6O3/c1-3-20-18(26)24(2)19(9-5-4-6-10-19)17-21-22-23-25(17)14-7-8-15-16(13-14)28-12-11-27-15/h7-8,13H,3-6,9-12H2,1-2H3,(H,20,26). The summed E-state index contributed by atoms with van der Waals surface area (Å²) >= 11 is 0. The topological polar surface area (TPSA) is 94.4 Å². The van der Waals surface area contributed by atoms with Crippen LogP contribution < -0.4 is 14.8 Å². The van der Waals surface area contributed by atoms with Gasteiger partial charge in [0.25, 0.3) is 0 Å². The van der Waals surface area contributed by atoms with E-state index in [9.17, 15) is 4.79 Å². The second kappa shape index (κ2) is 7.65. The Hall–Kier alpha value is -2.84. The van der Waals surface area contributed by atoms with Gasteiger partial charge in [0, 0.05) is 19.7 Å². The lowest BCUT2D eigenvalue weighted by Crippen LogP contribution is -2.53. The van der Waals surface area contributed by atoms with Crippen LogP contribution in [0.1, 0.15) is 44.9 Å². The summed E-state index contributed by atoms with van der Waals surface area (Å²) in [5.74, 6) is 2.08. The van der Waals surface area contributed by atoms with E-state index in [2.05, 4.69) is 20.8 Å². The van der Waals surface area contributed by atoms with Gasteiger partial charge in [0.05, 0.1) is 5.69 Å². The number of amides is 2. The molecule has 2 amide bonds. The number of fused-ring (bicyclic) bond motifs is 1. The molecular formula is C19H26N6O3. The van der Waals surface area contributed by atoms with Crippen LogP contribution in [0.5, 0.6) is 11.5 Å². The summed E-state index contributed by atoms with van der Waals surface area (Å²) < 4.78 is 13.0. The number of hydrogen-bond acceptors (Lipinski definition) is 6. The smallest absolute Gasteiger partial charge is 0.317 e. The molecule has 1 N–H and O–H groups in total. The van der Waals surface area contributed by atoms with Crippen molar-refractivity contribution in [3.05, 3.63) is 24.0 Å². The zero-order chi connectivity index (χ0) is 19.6. The highest BCUT2D eigenvalue weighted by molar-refractivity contribution is 5.75. The SMILES string of the molecule is CCNC(=O)N(C)C1(c2nnnn2-c2ccc3c(c2)OCCO3)CCCCC1. The van der Waals surface area contributed by atoms with Gasteiger partial charge in [-0.15, -0.1) is 5.10 Å². The summed E-state index contributed by atoms with van der Waals surface area (Å²) in [5.41, 5.74) is 0.243. The third-order valence-electron chi connectivity index (χ3n) is 5.61. The molecule has 150 valence electrons. The molecule has 1 aliphatic heterocycles. The summed E-state index contributed by atoms with van der Waals surface area (Å²) in [6, 6.07) is 5.56.